The molecule has 0 aromatic heterocycles. The zero-order chi connectivity index (χ0) is 14.5. The fourth-order valence-corrected chi connectivity index (χ4v) is 2.78. The second-order valence-corrected chi connectivity index (χ2v) is 6.12. The van der Waals surface area contributed by atoms with Gasteiger partial charge < -0.3 is 10.5 Å². The van der Waals surface area contributed by atoms with Gasteiger partial charge in [-0.3, -0.25) is 4.79 Å². The normalized spacial score (nSPS) is 26.2. The number of anilines is 1. The van der Waals surface area contributed by atoms with Crippen LogP contribution in [0.15, 0.2) is 24.3 Å². The zero-order valence-electron chi connectivity index (χ0n) is 12.5. The molecule has 2 rings (SSSR count). The molecule has 0 saturated heterocycles. The number of ether oxygens (including phenoxy) is 1. The van der Waals surface area contributed by atoms with Gasteiger partial charge in [0.05, 0.1) is 0 Å². The number of nitrogens with two attached hydrogens (primary N) is 1. The van der Waals surface area contributed by atoms with E-state index in [0.29, 0.717) is 12.3 Å². The minimum atomic E-state index is -0.0754. The molecule has 1 saturated carbocycles. The number of rotatable bonds is 4. The van der Waals surface area contributed by atoms with Gasteiger partial charge in [0.1, 0.15) is 6.10 Å². The number of esters is 1. The van der Waals surface area contributed by atoms with Crippen molar-refractivity contribution in [3.63, 3.8) is 0 Å². The number of aryl methyl sites for hydroxylation is 1. The van der Waals surface area contributed by atoms with Crippen molar-refractivity contribution in [2.45, 2.75) is 52.1 Å². The zero-order valence-corrected chi connectivity index (χ0v) is 12.5. The largest absolute Gasteiger partial charge is 0.462 e. The number of carbonyl (C=O) groups excluding carboxylic acids is 1. The van der Waals surface area contributed by atoms with E-state index in [1.54, 1.807) is 0 Å². The molecule has 3 unspecified atom stereocenters. The van der Waals surface area contributed by atoms with Gasteiger partial charge in [-0.25, -0.2) is 0 Å². The molecule has 20 heavy (non-hydrogen) atoms. The van der Waals surface area contributed by atoms with Crippen LogP contribution in [0.1, 0.15) is 45.1 Å². The van der Waals surface area contributed by atoms with Crippen molar-refractivity contribution in [3.05, 3.63) is 29.8 Å². The summed E-state index contributed by atoms with van der Waals surface area (Å²) in [5.41, 5.74) is 7.52. The van der Waals surface area contributed by atoms with Gasteiger partial charge in [-0.2, -0.15) is 0 Å². The molecule has 3 heteroatoms. The lowest BCUT2D eigenvalue weighted by Crippen LogP contribution is -2.28. The van der Waals surface area contributed by atoms with Gasteiger partial charge in [-0.05, 0) is 55.2 Å². The monoisotopic (exact) mass is 275 g/mol. The van der Waals surface area contributed by atoms with Crippen LogP contribution >= 0.6 is 0 Å². The first kappa shape index (κ1) is 14.9. The Hall–Kier alpha value is -1.51. The number of benzene rings is 1. The van der Waals surface area contributed by atoms with E-state index in [9.17, 15) is 4.79 Å². The van der Waals surface area contributed by atoms with Crippen molar-refractivity contribution < 1.29 is 9.53 Å². The topological polar surface area (TPSA) is 52.3 Å². The van der Waals surface area contributed by atoms with Crippen LogP contribution in [0, 0.1) is 11.8 Å². The molecule has 1 aliphatic carbocycles. The molecule has 0 spiro atoms. The molecule has 1 aliphatic rings. The standard InChI is InChI=1S/C17H25NO2/c1-12-3-9-16(11-13(12)2)20-17(19)10-6-14-4-7-15(18)8-5-14/h4-5,7-8,12-13,16H,3,6,9-11,18H2,1-2H3. The maximum Gasteiger partial charge on any atom is 0.306 e. The first-order chi connectivity index (χ1) is 9.54. The van der Waals surface area contributed by atoms with Crippen molar-refractivity contribution >= 4 is 11.7 Å². The summed E-state index contributed by atoms with van der Waals surface area (Å²) in [6, 6.07) is 7.66. The average Bonchev–Trinajstić information content (AvgIpc) is 2.42. The van der Waals surface area contributed by atoms with E-state index in [-0.39, 0.29) is 12.1 Å². The van der Waals surface area contributed by atoms with E-state index >= 15 is 0 Å². The van der Waals surface area contributed by atoms with Crippen LogP contribution in [-0.2, 0) is 16.0 Å². The summed E-state index contributed by atoms with van der Waals surface area (Å²) >= 11 is 0. The lowest BCUT2D eigenvalue weighted by atomic mass is 9.80. The van der Waals surface area contributed by atoms with Crippen molar-refractivity contribution in [2.24, 2.45) is 11.8 Å². The molecule has 0 aliphatic heterocycles. The maximum atomic E-state index is 11.9. The van der Waals surface area contributed by atoms with Crippen LogP contribution in [0.4, 0.5) is 5.69 Å². The second-order valence-electron chi connectivity index (χ2n) is 6.12. The number of nitrogen functional groups attached to an aromatic ring is 1. The molecule has 2 N–H and O–H groups in total. The first-order valence-electron chi connectivity index (χ1n) is 7.58. The highest BCUT2D eigenvalue weighted by atomic mass is 16.5. The van der Waals surface area contributed by atoms with E-state index in [1.165, 1.54) is 0 Å². The fraction of sp³-hybridized carbons (Fsp3) is 0.588. The highest BCUT2D eigenvalue weighted by Crippen LogP contribution is 2.31. The predicted octanol–water partition coefficient (Wildman–Crippen LogP) is 3.57. The van der Waals surface area contributed by atoms with Gasteiger partial charge in [0, 0.05) is 12.1 Å². The van der Waals surface area contributed by atoms with Crippen LogP contribution in [0.2, 0.25) is 0 Å². The Morgan fingerprint density at radius 1 is 1.20 bits per heavy atom. The highest BCUT2D eigenvalue weighted by Gasteiger charge is 2.26. The predicted molar refractivity (Wildman–Crippen MR) is 81.2 cm³/mol. The van der Waals surface area contributed by atoms with Crippen LogP contribution in [0.25, 0.3) is 0 Å². The molecule has 3 nitrogen and oxygen atoms in total. The molecule has 0 amide bonds. The molecule has 0 radical (unpaired) electrons. The van der Waals surface area contributed by atoms with E-state index in [1.807, 2.05) is 24.3 Å². The Balaban J connectivity index is 1.74. The van der Waals surface area contributed by atoms with E-state index in [2.05, 4.69) is 13.8 Å². The van der Waals surface area contributed by atoms with Crippen molar-refractivity contribution in [1.29, 1.82) is 0 Å². The van der Waals surface area contributed by atoms with Gasteiger partial charge >= 0.3 is 5.97 Å². The van der Waals surface area contributed by atoms with E-state index in [4.69, 9.17) is 10.5 Å². The third kappa shape index (κ3) is 4.26. The van der Waals surface area contributed by atoms with Crippen molar-refractivity contribution in [2.75, 3.05) is 5.73 Å². The molecular formula is C17H25NO2. The van der Waals surface area contributed by atoms with Gasteiger partial charge in [0.2, 0.25) is 0 Å². The number of hydrogen-bond acceptors (Lipinski definition) is 3. The Morgan fingerprint density at radius 2 is 1.90 bits per heavy atom. The van der Waals surface area contributed by atoms with Gasteiger partial charge in [-0.1, -0.05) is 26.0 Å². The summed E-state index contributed by atoms with van der Waals surface area (Å²) in [7, 11) is 0. The minimum Gasteiger partial charge on any atom is -0.462 e. The third-order valence-electron chi connectivity index (χ3n) is 4.45. The summed E-state index contributed by atoms with van der Waals surface area (Å²) in [5, 5.41) is 0. The lowest BCUT2D eigenvalue weighted by Gasteiger charge is -2.31. The molecular weight excluding hydrogens is 250 g/mol. The van der Waals surface area contributed by atoms with Crippen LogP contribution < -0.4 is 5.73 Å². The van der Waals surface area contributed by atoms with E-state index in [0.717, 1.165) is 42.9 Å². The Kier molecular flexibility index (Phi) is 5.05. The minimum absolute atomic E-state index is 0.0754. The summed E-state index contributed by atoms with van der Waals surface area (Å²) < 4.78 is 5.59. The molecule has 110 valence electrons. The lowest BCUT2D eigenvalue weighted by molar-refractivity contribution is -0.151. The maximum absolute atomic E-state index is 11.9. The number of hydrogen-bond donors (Lipinski definition) is 1. The Bertz CT molecular complexity index is 441. The molecule has 1 fully saturated rings. The van der Waals surface area contributed by atoms with E-state index < -0.39 is 0 Å². The quantitative estimate of drug-likeness (QED) is 0.675. The third-order valence-corrected chi connectivity index (χ3v) is 4.45. The summed E-state index contributed by atoms with van der Waals surface area (Å²) in [4.78, 5) is 11.9. The van der Waals surface area contributed by atoms with Crippen LogP contribution in [0.5, 0.6) is 0 Å². The molecule has 3 atom stereocenters. The molecule has 1 aromatic rings. The second kappa shape index (κ2) is 6.78. The summed E-state index contributed by atoms with van der Waals surface area (Å²) in [6.45, 7) is 4.53. The SMILES string of the molecule is CC1CCC(OC(=O)CCc2ccc(N)cc2)CC1C. The van der Waals surface area contributed by atoms with Crippen LogP contribution in [0.3, 0.4) is 0 Å². The van der Waals surface area contributed by atoms with Gasteiger partial charge in [-0.15, -0.1) is 0 Å². The molecule has 0 heterocycles. The van der Waals surface area contributed by atoms with Gasteiger partial charge in [0.15, 0.2) is 0 Å². The fourth-order valence-electron chi connectivity index (χ4n) is 2.78. The van der Waals surface area contributed by atoms with Gasteiger partial charge in [0.25, 0.3) is 0 Å². The van der Waals surface area contributed by atoms with Crippen LogP contribution in [-0.4, -0.2) is 12.1 Å². The van der Waals surface area contributed by atoms with Crippen molar-refractivity contribution in [1.82, 2.24) is 0 Å². The summed E-state index contributed by atoms with van der Waals surface area (Å²) in [6.07, 6.45) is 4.48. The average molecular weight is 275 g/mol. The Morgan fingerprint density at radius 3 is 2.55 bits per heavy atom. The van der Waals surface area contributed by atoms with Crippen molar-refractivity contribution in [3.8, 4) is 0 Å². The molecule has 1 aromatic carbocycles. The summed E-state index contributed by atoms with van der Waals surface area (Å²) in [5.74, 6) is 1.33. The Labute approximate surface area is 121 Å². The number of carbonyl (C=O) groups is 1. The smallest absolute Gasteiger partial charge is 0.306 e. The first-order valence-corrected chi connectivity index (χ1v) is 7.58. The molecule has 0 bridgehead atoms. The highest BCUT2D eigenvalue weighted by molar-refractivity contribution is 5.70.